The maximum atomic E-state index is 14.4. The number of aromatic nitrogens is 2. The zero-order chi connectivity index (χ0) is 31.8. The number of carbonyl (C=O) groups excluding carboxylic acids is 1. The number of aromatic amines is 1. The number of aliphatic hydroxyl groups excluding tert-OH is 1. The second-order valence-electron chi connectivity index (χ2n) is 11.3. The molecule has 2 fully saturated rings. The number of ketones is 1. The zero-order valence-corrected chi connectivity index (χ0v) is 26.0. The van der Waals surface area contributed by atoms with E-state index in [1.54, 1.807) is 44.6 Å². The quantitative estimate of drug-likeness (QED) is 0.223. The van der Waals surface area contributed by atoms with Gasteiger partial charge in [0.25, 0.3) is 0 Å². The van der Waals surface area contributed by atoms with Gasteiger partial charge in [-0.3, -0.25) is 9.78 Å². The molecule has 0 spiro atoms. The van der Waals surface area contributed by atoms with Gasteiger partial charge < -0.3 is 49.3 Å². The molecule has 0 aliphatic carbocycles. The van der Waals surface area contributed by atoms with Crippen LogP contribution < -0.4 is 15.2 Å². The number of nitrogens with zero attached hydrogens (tertiary/aromatic N) is 1. The minimum absolute atomic E-state index is 0.0506. The van der Waals surface area contributed by atoms with Gasteiger partial charge in [-0.15, -0.1) is 11.8 Å². The molecule has 2 saturated heterocycles. The lowest BCUT2D eigenvalue weighted by atomic mass is 9.83. The number of pyridine rings is 1. The minimum atomic E-state index is -1.77. The molecule has 0 amide bonds. The summed E-state index contributed by atoms with van der Waals surface area (Å²) in [6, 6.07) is 6.88. The first kappa shape index (κ1) is 32.6. The molecule has 0 saturated carbocycles. The fourth-order valence-corrected chi connectivity index (χ4v) is 7.14. The number of carboxylic acid groups (broad SMARTS) is 1. The van der Waals surface area contributed by atoms with E-state index in [1.807, 2.05) is 13.8 Å². The number of Topliss-reactive ketones (excluding diaryl/α,β-unsaturated/α-hetero) is 1. The summed E-state index contributed by atoms with van der Waals surface area (Å²) in [5, 5.41) is 38.6. The van der Waals surface area contributed by atoms with Crippen LogP contribution in [0.25, 0.3) is 21.8 Å². The van der Waals surface area contributed by atoms with Crippen molar-refractivity contribution in [2.75, 3.05) is 26.6 Å². The fourth-order valence-electron chi connectivity index (χ4n) is 6.10. The molecule has 2 aromatic heterocycles. The first-order valence-corrected chi connectivity index (χ1v) is 15.6. The molecule has 8 unspecified atom stereocenters. The topological polar surface area (TPSA) is 185 Å². The van der Waals surface area contributed by atoms with Crippen molar-refractivity contribution in [2.24, 2.45) is 0 Å². The Kier molecular flexibility index (Phi) is 9.82. The number of rotatable bonds is 11. The van der Waals surface area contributed by atoms with E-state index in [0.717, 1.165) is 11.8 Å². The van der Waals surface area contributed by atoms with E-state index < -0.39 is 54.0 Å². The number of fused-ring (bicyclic) bond motifs is 3. The summed E-state index contributed by atoms with van der Waals surface area (Å²) in [5.41, 5.74) is 1.14. The number of methoxy groups -OCH3 is 1. The molecule has 3 aromatic rings. The van der Waals surface area contributed by atoms with Crippen LogP contribution in [0.4, 0.5) is 0 Å². The van der Waals surface area contributed by atoms with Gasteiger partial charge >= 0.3 is 5.97 Å². The highest BCUT2D eigenvalue weighted by atomic mass is 32.2. The summed E-state index contributed by atoms with van der Waals surface area (Å²) in [6.45, 7) is 5.39. The van der Waals surface area contributed by atoms with E-state index in [-0.39, 0.29) is 30.5 Å². The highest BCUT2D eigenvalue weighted by Crippen LogP contribution is 2.44. The van der Waals surface area contributed by atoms with E-state index in [2.05, 4.69) is 15.3 Å². The second-order valence-corrected chi connectivity index (χ2v) is 12.4. The van der Waals surface area contributed by atoms with Crippen molar-refractivity contribution in [3.63, 3.8) is 0 Å². The Morgan fingerprint density at radius 1 is 1.30 bits per heavy atom. The minimum Gasteiger partial charge on any atom is -0.829 e. The molecule has 14 heteroatoms. The van der Waals surface area contributed by atoms with E-state index in [9.17, 15) is 19.8 Å². The Hall–Kier alpha value is -2.82. The summed E-state index contributed by atoms with van der Waals surface area (Å²) in [5.74, 6) is -1.29. The predicted molar refractivity (Wildman–Crippen MR) is 160 cm³/mol. The number of hydrogen-bond donors (Lipinski definition) is 4. The van der Waals surface area contributed by atoms with Crippen molar-refractivity contribution in [2.45, 2.75) is 81.0 Å². The molecule has 0 radical (unpaired) electrons. The smallest absolute Gasteiger partial charge is 0.341 e. The molecular formula is C30H38N3O10S-. The van der Waals surface area contributed by atoms with Crippen molar-refractivity contribution in [3.8, 4) is 5.75 Å². The lowest BCUT2D eigenvalue weighted by molar-refractivity contribution is -0.533. The molecule has 44 heavy (non-hydrogen) atoms. The van der Waals surface area contributed by atoms with Crippen LogP contribution in [-0.2, 0) is 23.7 Å². The van der Waals surface area contributed by atoms with Crippen molar-refractivity contribution in [3.05, 3.63) is 36.2 Å². The van der Waals surface area contributed by atoms with Crippen LogP contribution in [0.1, 0.15) is 37.7 Å². The standard InChI is InChI=1S/C30H38N3O10S/c1-14(2)32-20-12-41-23(11-21(20)39-4)43-26-28(37)30(44-5,15(3)42-29(26)38)27(36)25-24-17(8-9-31-25)18-10-16(40-13-22(34)35)6-7-19(18)33-24/h6-10,14-15,20-21,23,26,28-29,32-33,37H,11-13H2,1-5H3,(H,34,35)/q-1. The van der Waals surface area contributed by atoms with Crippen molar-refractivity contribution >= 4 is 45.3 Å². The number of aliphatic hydroxyl groups is 1. The van der Waals surface area contributed by atoms with Crippen LogP contribution in [0.3, 0.4) is 0 Å². The first-order chi connectivity index (χ1) is 21.0. The molecular weight excluding hydrogens is 594 g/mol. The first-order valence-electron chi connectivity index (χ1n) is 14.4. The summed E-state index contributed by atoms with van der Waals surface area (Å²) >= 11 is 1.07. The van der Waals surface area contributed by atoms with Crippen LogP contribution in [0.5, 0.6) is 5.75 Å². The van der Waals surface area contributed by atoms with Crippen molar-refractivity contribution < 1.29 is 48.6 Å². The predicted octanol–water partition coefficient (Wildman–Crippen LogP) is 1.44. The Labute approximate surface area is 258 Å². The van der Waals surface area contributed by atoms with Gasteiger partial charge in [0.05, 0.1) is 36.5 Å². The average Bonchev–Trinajstić information content (AvgIpc) is 3.37. The van der Waals surface area contributed by atoms with Gasteiger partial charge in [0.15, 0.2) is 12.9 Å². The van der Waals surface area contributed by atoms with Crippen LogP contribution >= 0.6 is 11.8 Å². The highest BCUT2D eigenvalue weighted by molar-refractivity contribution is 8.00. The summed E-state index contributed by atoms with van der Waals surface area (Å²) in [7, 11) is 1.59. The third-order valence-corrected chi connectivity index (χ3v) is 9.65. The number of H-pyrrole nitrogens is 1. The molecule has 8 atom stereocenters. The molecule has 1 aromatic carbocycles. The van der Waals surface area contributed by atoms with Crippen molar-refractivity contribution in [1.82, 2.24) is 15.3 Å². The number of thioether (sulfide) groups is 1. The number of hydrogen-bond acceptors (Lipinski definition) is 12. The lowest BCUT2D eigenvalue weighted by Gasteiger charge is -2.53. The largest absolute Gasteiger partial charge is 0.829 e. The third-order valence-electron chi connectivity index (χ3n) is 8.22. The average molecular weight is 633 g/mol. The van der Waals surface area contributed by atoms with Gasteiger partial charge in [-0.25, -0.2) is 4.79 Å². The molecule has 2 aliphatic rings. The fraction of sp³-hybridized carbons (Fsp3) is 0.567. The molecule has 5 rings (SSSR count). The van der Waals surface area contributed by atoms with Gasteiger partial charge in [0.2, 0.25) is 5.78 Å². The van der Waals surface area contributed by atoms with E-state index in [1.165, 1.54) is 6.20 Å². The lowest BCUT2D eigenvalue weighted by Crippen LogP contribution is -2.70. The van der Waals surface area contributed by atoms with Crippen LogP contribution in [0.2, 0.25) is 0 Å². The Balaban J connectivity index is 1.44. The van der Waals surface area contributed by atoms with Crippen LogP contribution in [0.15, 0.2) is 30.5 Å². The Bertz CT molecular complexity index is 1500. The molecule has 13 nitrogen and oxygen atoms in total. The molecule has 0 bridgehead atoms. The van der Waals surface area contributed by atoms with Crippen LogP contribution in [0, 0.1) is 0 Å². The van der Waals surface area contributed by atoms with Gasteiger partial charge in [0, 0.05) is 48.3 Å². The molecule has 4 heterocycles. The molecule has 4 N–H and O–H groups in total. The normalized spacial score (nSPS) is 31.0. The van der Waals surface area contributed by atoms with Crippen molar-refractivity contribution in [1.29, 1.82) is 0 Å². The van der Waals surface area contributed by atoms with Crippen LogP contribution in [-0.4, -0.2) is 112 Å². The van der Waals surface area contributed by atoms with Gasteiger partial charge in [-0.2, -0.15) is 0 Å². The maximum absolute atomic E-state index is 14.4. The molecule has 240 valence electrons. The molecule has 2 aliphatic heterocycles. The number of carboxylic acids is 1. The van der Waals surface area contributed by atoms with Gasteiger partial charge in [-0.1, -0.05) is 13.8 Å². The number of carbonyl (C=O) groups is 2. The maximum Gasteiger partial charge on any atom is 0.341 e. The zero-order valence-electron chi connectivity index (χ0n) is 25.1. The summed E-state index contributed by atoms with van der Waals surface area (Å²) in [6.07, 6.45) is -3.41. The Morgan fingerprint density at radius 3 is 2.75 bits per heavy atom. The number of ether oxygens (including phenoxy) is 5. The monoisotopic (exact) mass is 632 g/mol. The van der Waals surface area contributed by atoms with E-state index >= 15 is 0 Å². The number of benzene rings is 1. The number of nitrogens with one attached hydrogen (secondary N) is 2. The van der Waals surface area contributed by atoms with E-state index in [4.69, 9.17) is 28.8 Å². The second kappa shape index (κ2) is 13.3. The third kappa shape index (κ3) is 6.05. The van der Waals surface area contributed by atoms with E-state index in [0.29, 0.717) is 34.0 Å². The number of aliphatic carboxylic acids is 1. The SMILES string of the molecule is COC1CC(OC2C([O-])OC(C)C(SC)(C(=O)c3nccc4c3[nH]c3ccc(OCC(=O)O)cc34)C2O)OCC1NC(C)C. The van der Waals surface area contributed by atoms with Gasteiger partial charge in [0.1, 0.15) is 22.3 Å². The summed E-state index contributed by atoms with van der Waals surface area (Å²) in [4.78, 5) is 33.0. The Morgan fingerprint density at radius 2 is 2.07 bits per heavy atom. The highest BCUT2D eigenvalue weighted by Gasteiger charge is 2.58. The van der Waals surface area contributed by atoms with Gasteiger partial charge in [-0.05, 0) is 37.4 Å². The summed E-state index contributed by atoms with van der Waals surface area (Å²) < 4.78 is 27.0.